The van der Waals surface area contributed by atoms with Crippen LogP contribution in [0.5, 0.6) is 0 Å². The first kappa shape index (κ1) is 18.6. The van der Waals surface area contributed by atoms with E-state index in [9.17, 15) is 9.59 Å². The van der Waals surface area contributed by atoms with Crippen LogP contribution < -0.4 is 5.32 Å². The molecule has 3 heterocycles. The molecule has 1 saturated heterocycles. The fraction of sp³-hybridized carbons (Fsp3) is 0.368. The second-order valence-corrected chi connectivity index (χ2v) is 6.08. The summed E-state index contributed by atoms with van der Waals surface area (Å²) < 4.78 is 5.00. The van der Waals surface area contributed by atoms with E-state index in [1.807, 2.05) is 24.3 Å². The number of pyridine rings is 2. The van der Waals surface area contributed by atoms with Crippen LogP contribution in [0, 0.1) is 0 Å². The Morgan fingerprint density at radius 3 is 2.56 bits per heavy atom. The topological polar surface area (TPSA) is 87.7 Å². The summed E-state index contributed by atoms with van der Waals surface area (Å²) in [7, 11) is 0. The van der Waals surface area contributed by atoms with Crippen LogP contribution in [0.2, 0.25) is 0 Å². The molecule has 0 unspecified atom stereocenters. The minimum absolute atomic E-state index is 0.139. The lowest BCUT2D eigenvalue weighted by Gasteiger charge is -2.33. The molecule has 0 aliphatic carbocycles. The number of ether oxygens (including phenoxy) is 1. The molecule has 0 bridgehead atoms. The number of carbonyl (C=O) groups excluding carboxylic acids is 2. The zero-order chi connectivity index (χ0) is 19.1. The van der Waals surface area contributed by atoms with Gasteiger partial charge in [-0.05, 0) is 31.2 Å². The van der Waals surface area contributed by atoms with Gasteiger partial charge in [-0.2, -0.15) is 0 Å². The fourth-order valence-corrected chi connectivity index (χ4v) is 2.82. The number of amides is 2. The largest absolute Gasteiger partial charge is 0.450 e. The summed E-state index contributed by atoms with van der Waals surface area (Å²) in [6.07, 6.45) is 3.03. The maximum atomic E-state index is 12.7. The first-order chi connectivity index (χ1) is 13.2. The van der Waals surface area contributed by atoms with Gasteiger partial charge in [-0.15, -0.1) is 0 Å². The van der Waals surface area contributed by atoms with Crippen LogP contribution in [-0.2, 0) is 11.3 Å². The molecule has 1 N–H and O–H groups in total. The van der Waals surface area contributed by atoms with Gasteiger partial charge in [0.25, 0.3) is 5.91 Å². The molecule has 1 aliphatic heterocycles. The average molecular weight is 369 g/mol. The summed E-state index contributed by atoms with van der Waals surface area (Å²) in [6, 6.07) is 9.29. The molecule has 0 saturated carbocycles. The van der Waals surface area contributed by atoms with Gasteiger partial charge < -0.3 is 19.9 Å². The van der Waals surface area contributed by atoms with Crippen LogP contribution in [0.25, 0.3) is 0 Å². The van der Waals surface area contributed by atoms with Gasteiger partial charge in [-0.3, -0.25) is 14.8 Å². The van der Waals surface area contributed by atoms with Crippen molar-refractivity contribution < 1.29 is 14.3 Å². The predicted molar refractivity (Wildman–Crippen MR) is 100 cm³/mol. The molecule has 27 heavy (non-hydrogen) atoms. The van der Waals surface area contributed by atoms with Crippen LogP contribution >= 0.6 is 0 Å². The molecule has 3 rings (SSSR count). The molecule has 0 atom stereocenters. The third kappa shape index (κ3) is 4.93. The fourth-order valence-electron chi connectivity index (χ4n) is 2.82. The minimum Gasteiger partial charge on any atom is -0.450 e. The van der Waals surface area contributed by atoms with E-state index in [-0.39, 0.29) is 12.0 Å². The molecule has 2 aromatic rings. The van der Waals surface area contributed by atoms with Crippen LogP contribution in [-0.4, -0.2) is 64.6 Å². The molecule has 8 heteroatoms. The normalized spacial score (nSPS) is 14.0. The second-order valence-electron chi connectivity index (χ2n) is 6.08. The number of hydrogen-bond donors (Lipinski definition) is 1. The highest BCUT2D eigenvalue weighted by atomic mass is 16.6. The maximum absolute atomic E-state index is 12.7. The highest BCUT2D eigenvalue weighted by molar-refractivity contribution is 5.93. The van der Waals surface area contributed by atoms with Crippen molar-refractivity contribution in [3.63, 3.8) is 0 Å². The first-order valence-electron chi connectivity index (χ1n) is 8.98. The molecular weight excluding hydrogens is 346 g/mol. The van der Waals surface area contributed by atoms with Gasteiger partial charge in [-0.25, -0.2) is 4.79 Å². The number of rotatable bonds is 5. The summed E-state index contributed by atoms with van der Waals surface area (Å²) in [5.41, 5.74) is 2.10. The number of nitrogens with one attached hydrogen (secondary N) is 1. The lowest BCUT2D eigenvalue weighted by atomic mass is 10.2. The van der Waals surface area contributed by atoms with Gasteiger partial charge in [0, 0.05) is 44.3 Å². The van der Waals surface area contributed by atoms with E-state index in [2.05, 4.69) is 15.3 Å². The Labute approximate surface area is 158 Å². The third-order valence-electron chi connectivity index (χ3n) is 4.27. The lowest BCUT2D eigenvalue weighted by molar-refractivity contribution is 0.0566. The van der Waals surface area contributed by atoms with Crippen LogP contribution in [0.1, 0.15) is 23.1 Å². The van der Waals surface area contributed by atoms with E-state index >= 15 is 0 Å². The number of carbonyl (C=O) groups is 2. The zero-order valence-electron chi connectivity index (χ0n) is 15.3. The molecule has 0 aromatic carbocycles. The summed E-state index contributed by atoms with van der Waals surface area (Å²) in [5, 5.41) is 3.25. The van der Waals surface area contributed by atoms with E-state index in [4.69, 9.17) is 4.74 Å². The van der Waals surface area contributed by atoms with Crippen molar-refractivity contribution in [1.82, 2.24) is 19.8 Å². The van der Waals surface area contributed by atoms with Crippen molar-refractivity contribution >= 4 is 17.7 Å². The Morgan fingerprint density at radius 1 is 1.07 bits per heavy atom. The molecule has 142 valence electrons. The SMILES string of the molecule is CCOC(=O)N1CCN(C(=O)c2cc(NCc3ccccn3)ccn2)CC1. The number of piperazine rings is 1. The van der Waals surface area contributed by atoms with Gasteiger partial charge in [0.05, 0.1) is 18.8 Å². The Bertz CT molecular complexity index is 776. The predicted octanol–water partition coefficient (Wildman–Crippen LogP) is 2.00. The van der Waals surface area contributed by atoms with E-state index in [0.29, 0.717) is 45.0 Å². The van der Waals surface area contributed by atoms with Crippen molar-refractivity contribution in [2.24, 2.45) is 0 Å². The molecule has 2 amide bonds. The van der Waals surface area contributed by atoms with Gasteiger partial charge in [0.2, 0.25) is 0 Å². The Kier molecular flexibility index (Phi) is 6.19. The standard InChI is InChI=1S/C19H23N5O3/c1-2-27-19(26)24-11-9-23(10-12-24)18(25)17-13-15(6-8-21-17)22-14-16-5-3-4-7-20-16/h3-8,13H,2,9-12,14H2,1H3,(H,21,22). The van der Waals surface area contributed by atoms with Crippen molar-refractivity contribution in [2.45, 2.75) is 13.5 Å². The molecular formula is C19H23N5O3. The van der Waals surface area contributed by atoms with Gasteiger partial charge in [-0.1, -0.05) is 6.07 Å². The summed E-state index contributed by atoms with van der Waals surface area (Å²) in [5.74, 6) is -0.139. The number of aromatic nitrogens is 2. The van der Waals surface area contributed by atoms with Crippen LogP contribution in [0.3, 0.4) is 0 Å². The van der Waals surface area contributed by atoms with Crippen molar-refractivity contribution in [3.05, 3.63) is 54.1 Å². The van der Waals surface area contributed by atoms with Gasteiger partial charge in [0.1, 0.15) is 5.69 Å². The van der Waals surface area contributed by atoms with Crippen molar-refractivity contribution in [1.29, 1.82) is 0 Å². The molecule has 1 fully saturated rings. The zero-order valence-corrected chi connectivity index (χ0v) is 15.3. The van der Waals surface area contributed by atoms with Crippen LogP contribution in [0.4, 0.5) is 10.5 Å². The highest BCUT2D eigenvalue weighted by Gasteiger charge is 2.26. The Hall–Kier alpha value is -3.16. The third-order valence-corrected chi connectivity index (χ3v) is 4.27. The molecule has 0 radical (unpaired) electrons. The van der Waals surface area contributed by atoms with Crippen molar-refractivity contribution in [2.75, 3.05) is 38.1 Å². The van der Waals surface area contributed by atoms with E-state index < -0.39 is 0 Å². The summed E-state index contributed by atoms with van der Waals surface area (Å²) >= 11 is 0. The molecule has 2 aromatic heterocycles. The molecule has 0 spiro atoms. The average Bonchev–Trinajstić information content (AvgIpc) is 2.73. The van der Waals surface area contributed by atoms with Crippen LogP contribution in [0.15, 0.2) is 42.7 Å². The van der Waals surface area contributed by atoms with E-state index in [1.165, 1.54) is 0 Å². The first-order valence-corrected chi connectivity index (χ1v) is 8.98. The Morgan fingerprint density at radius 2 is 1.85 bits per heavy atom. The molecule has 8 nitrogen and oxygen atoms in total. The maximum Gasteiger partial charge on any atom is 0.409 e. The Balaban J connectivity index is 1.57. The van der Waals surface area contributed by atoms with Gasteiger partial charge >= 0.3 is 6.09 Å². The summed E-state index contributed by atoms with van der Waals surface area (Å²) in [4.78, 5) is 36.3. The van der Waals surface area contributed by atoms with E-state index in [1.54, 1.807) is 35.2 Å². The van der Waals surface area contributed by atoms with Gasteiger partial charge in [0.15, 0.2) is 0 Å². The smallest absolute Gasteiger partial charge is 0.409 e. The summed E-state index contributed by atoms with van der Waals surface area (Å²) in [6.45, 7) is 4.54. The number of nitrogens with zero attached hydrogens (tertiary/aromatic N) is 4. The minimum atomic E-state index is -0.330. The second kappa shape index (κ2) is 8.98. The number of anilines is 1. The quantitative estimate of drug-likeness (QED) is 0.867. The van der Waals surface area contributed by atoms with E-state index in [0.717, 1.165) is 11.4 Å². The van der Waals surface area contributed by atoms with Crippen molar-refractivity contribution in [3.8, 4) is 0 Å². The molecule has 1 aliphatic rings. The monoisotopic (exact) mass is 369 g/mol. The number of hydrogen-bond acceptors (Lipinski definition) is 6. The highest BCUT2D eigenvalue weighted by Crippen LogP contribution is 2.13. The lowest BCUT2D eigenvalue weighted by Crippen LogP contribution is -2.50.